The number of rotatable bonds is 11. The fourth-order valence-electron chi connectivity index (χ4n) is 1.46. The van der Waals surface area contributed by atoms with Crippen molar-refractivity contribution in [2.75, 3.05) is 26.4 Å². The van der Waals surface area contributed by atoms with E-state index in [-0.39, 0.29) is 6.29 Å². The smallest absolute Gasteiger partial charge is 0.159 e. The molecule has 0 unspecified atom stereocenters. The Bertz CT molecular complexity index is 131. The first kappa shape index (κ1) is 15.9. The van der Waals surface area contributed by atoms with E-state index in [0.717, 1.165) is 32.0 Å². The molecule has 0 N–H and O–H groups in total. The molecular weight excluding hydrogens is 204 g/mol. The summed E-state index contributed by atoms with van der Waals surface area (Å²) in [6.07, 6.45) is 3.11. The lowest BCUT2D eigenvalue weighted by atomic mass is 10.1. The summed E-state index contributed by atoms with van der Waals surface area (Å²) in [5.74, 6) is 0.767. The summed E-state index contributed by atoms with van der Waals surface area (Å²) in [4.78, 5) is 0. The summed E-state index contributed by atoms with van der Waals surface area (Å²) in [6, 6.07) is 0. The van der Waals surface area contributed by atoms with Crippen LogP contribution in [0.4, 0.5) is 0 Å². The van der Waals surface area contributed by atoms with Crippen LogP contribution in [0.3, 0.4) is 0 Å². The zero-order valence-electron chi connectivity index (χ0n) is 11.3. The van der Waals surface area contributed by atoms with Crippen molar-refractivity contribution in [3.63, 3.8) is 0 Å². The van der Waals surface area contributed by atoms with Gasteiger partial charge in [-0.05, 0) is 32.6 Å². The van der Waals surface area contributed by atoms with Gasteiger partial charge in [-0.2, -0.15) is 0 Å². The lowest BCUT2D eigenvalue weighted by molar-refractivity contribution is -0.146. The Morgan fingerprint density at radius 2 is 1.50 bits per heavy atom. The molecule has 0 aliphatic heterocycles. The molecule has 0 bridgehead atoms. The maximum atomic E-state index is 5.55. The predicted molar refractivity (Wildman–Crippen MR) is 66.5 cm³/mol. The second kappa shape index (κ2) is 11.4. The van der Waals surface area contributed by atoms with Crippen LogP contribution in [-0.4, -0.2) is 32.7 Å². The minimum atomic E-state index is -0.0971. The largest absolute Gasteiger partial charge is 0.381 e. The Balaban J connectivity index is 3.32. The molecule has 16 heavy (non-hydrogen) atoms. The first-order valence-electron chi connectivity index (χ1n) is 6.51. The molecule has 0 atom stereocenters. The van der Waals surface area contributed by atoms with Crippen molar-refractivity contribution < 1.29 is 14.2 Å². The second-order valence-corrected chi connectivity index (χ2v) is 4.28. The molecule has 0 saturated carbocycles. The first-order chi connectivity index (χ1) is 7.70. The van der Waals surface area contributed by atoms with Crippen molar-refractivity contribution in [1.29, 1.82) is 0 Å². The van der Waals surface area contributed by atoms with Crippen molar-refractivity contribution in [2.45, 2.75) is 53.2 Å². The quantitative estimate of drug-likeness (QED) is 0.404. The molecule has 0 radical (unpaired) electrons. The van der Waals surface area contributed by atoms with Crippen LogP contribution < -0.4 is 0 Å². The van der Waals surface area contributed by atoms with Gasteiger partial charge in [0.15, 0.2) is 6.29 Å². The van der Waals surface area contributed by atoms with Crippen LogP contribution >= 0.6 is 0 Å². The van der Waals surface area contributed by atoms with E-state index >= 15 is 0 Å². The van der Waals surface area contributed by atoms with Gasteiger partial charge in [-0.25, -0.2) is 0 Å². The Morgan fingerprint density at radius 1 is 0.875 bits per heavy atom. The summed E-state index contributed by atoms with van der Waals surface area (Å²) in [5.41, 5.74) is 0. The molecule has 0 heterocycles. The molecule has 0 aliphatic carbocycles. The molecule has 3 heteroatoms. The molecule has 98 valence electrons. The highest BCUT2D eigenvalue weighted by molar-refractivity contribution is 4.47. The molecule has 0 saturated heterocycles. The average Bonchev–Trinajstić information content (AvgIpc) is 2.23. The van der Waals surface area contributed by atoms with E-state index < -0.39 is 0 Å². The molecule has 0 aromatic rings. The molecule has 3 nitrogen and oxygen atoms in total. The van der Waals surface area contributed by atoms with Gasteiger partial charge in [0, 0.05) is 26.2 Å². The average molecular weight is 232 g/mol. The predicted octanol–water partition coefficient (Wildman–Crippen LogP) is 3.23. The monoisotopic (exact) mass is 232 g/mol. The Labute approximate surface area is 100 Å². The number of ether oxygens (including phenoxy) is 3. The summed E-state index contributed by atoms with van der Waals surface area (Å²) in [5, 5.41) is 0. The zero-order valence-corrected chi connectivity index (χ0v) is 11.3. The van der Waals surface area contributed by atoms with Gasteiger partial charge in [0.25, 0.3) is 0 Å². The van der Waals surface area contributed by atoms with E-state index in [2.05, 4.69) is 13.8 Å². The third-order valence-corrected chi connectivity index (χ3v) is 2.27. The van der Waals surface area contributed by atoms with Gasteiger partial charge < -0.3 is 14.2 Å². The molecular formula is C13H28O3. The highest BCUT2D eigenvalue weighted by Crippen LogP contribution is 2.05. The van der Waals surface area contributed by atoms with Gasteiger partial charge in [0.05, 0.1) is 6.61 Å². The minimum absolute atomic E-state index is 0.0971. The molecule has 0 rings (SSSR count). The van der Waals surface area contributed by atoms with Crippen LogP contribution in [0.15, 0.2) is 0 Å². The molecule has 0 fully saturated rings. The van der Waals surface area contributed by atoms with Crippen LogP contribution in [0.1, 0.15) is 47.0 Å². The number of hydrogen-bond donors (Lipinski definition) is 0. The molecule has 0 aromatic heterocycles. The highest BCUT2D eigenvalue weighted by atomic mass is 16.7. The summed E-state index contributed by atoms with van der Waals surface area (Å²) in [6.45, 7) is 11.4. The van der Waals surface area contributed by atoms with Gasteiger partial charge >= 0.3 is 0 Å². The molecule has 0 aromatic carbocycles. The van der Waals surface area contributed by atoms with Gasteiger partial charge in [0.1, 0.15) is 0 Å². The van der Waals surface area contributed by atoms with E-state index in [1.54, 1.807) is 0 Å². The van der Waals surface area contributed by atoms with Gasteiger partial charge in [0.2, 0.25) is 0 Å². The molecule has 0 spiro atoms. The van der Waals surface area contributed by atoms with E-state index in [1.807, 2.05) is 13.8 Å². The third kappa shape index (κ3) is 10.4. The summed E-state index contributed by atoms with van der Waals surface area (Å²) >= 11 is 0. The van der Waals surface area contributed by atoms with Crippen molar-refractivity contribution >= 4 is 0 Å². The SMILES string of the molecule is CCOC(CCOCCCC(C)C)OCC. The normalized spacial score (nSPS) is 11.6. The Hall–Kier alpha value is -0.120. The van der Waals surface area contributed by atoms with E-state index in [1.165, 1.54) is 6.42 Å². The first-order valence-corrected chi connectivity index (χ1v) is 6.51. The summed E-state index contributed by atoms with van der Waals surface area (Å²) < 4.78 is 16.4. The Kier molecular flexibility index (Phi) is 11.3. The third-order valence-electron chi connectivity index (χ3n) is 2.27. The van der Waals surface area contributed by atoms with Gasteiger partial charge in [-0.1, -0.05) is 13.8 Å². The van der Waals surface area contributed by atoms with Crippen LogP contribution in [-0.2, 0) is 14.2 Å². The van der Waals surface area contributed by atoms with E-state index in [4.69, 9.17) is 14.2 Å². The highest BCUT2D eigenvalue weighted by Gasteiger charge is 2.06. The zero-order chi connectivity index (χ0) is 12.2. The summed E-state index contributed by atoms with van der Waals surface area (Å²) in [7, 11) is 0. The van der Waals surface area contributed by atoms with Crippen molar-refractivity contribution in [1.82, 2.24) is 0 Å². The van der Waals surface area contributed by atoms with Crippen molar-refractivity contribution in [3.8, 4) is 0 Å². The van der Waals surface area contributed by atoms with E-state index in [9.17, 15) is 0 Å². The molecule has 0 aliphatic rings. The van der Waals surface area contributed by atoms with Crippen molar-refractivity contribution in [2.24, 2.45) is 5.92 Å². The van der Waals surface area contributed by atoms with Crippen LogP contribution in [0.2, 0.25) is 0 Å². The second-order valence-electron chi connectivity index (χ2n) is 4.28. The standard InChI is InChI=1S/C13H28O3/c1-5-15-13(16-6-2)9-11-14-10-7-8-12(3)4/h12-13H,5-11H2,1-4H3. The van der Waals surface area contributed by atoms with Crippen LogP contribution in [0.25, 0.3) is 0 Å². The molecule has 0 amide bonds. The fraction of sp³-hybridized carbons (Fsp3) is 1.00. The fourth-order valence-corrected chi connectivity index (χ4v) is 1.46. The number of hydrogen-bond acceptors (Lipinski definition) is 3. The lowest BCUT2D eigenvalue weighted by Gasteiger charge is -2.16. The van der Waals surface area contributed by atoms with Gasteiger partial charge in [-0.15, -0.1) is 0 Å². The topological polar surface area (TPSA) is 27.7 Å². The van der Waals surface area contributed by atoms with Crippen LogP contribution in [0.5, 0.6) is 0 Å². The minimum Gasteiger partial charge on any atom is -0.381 e. The maximum absolute atomic E-state index is 5.55. The van der Waals surface area contributed by atoms with Gasteiger partial charge in [-0.3, -0.25) is 0 Å². The van der Waals surface area contributed by atoms with Crippen molar-refractivity contribution in [3.05, 3.63) is 0 Å². The van der Waals surface area contributed by atoms with E-state index in [0.29, 0.717) is 13.2 Å². The lowest BCUT2D eigenvalue weighted by Crippen LogP contribution is -2.19. The van der Waals surface area contributed by atoms with Crippen LogP contribution in [0, 0.1) is 5.92 Å². The maximum Gasteiger partial charge on any atom is 0.159 e. The Morgan fingerprint density at radius 3 is 2.00 bits per heavy atom.